The first-order chi connectivity index (χ1) is 10.1. The van der Waals surface area contributed by atoms with E-state index in [0.717, 1.165) is 47.8 Å². The van der Waals surface area contributed by atoms with Gasteiger partial charge in [0.15, 0.2) is 0 Å². The van der Waals surface area contributed by atoms with Crippen LogP contribution in [0.1, 0.15) is 55.0 Å². The summed E-state index contributed by atoms with van der Waals surface area (Å²) in [7, 11) is 0. The maximum Gasteiger partial charge on any atom is 0.307 e. The van der Waals surface area contributed by atoms with Gasteiger partial charge < -0.3 is 5.11 Å². The molecule has 0 atom stereocenters. The van der Waals surface area contributed by atoms with Crippen LogP contribution in [0.4, 0.5) is 0 Å². The van der Waals surface area contributed by atoms with Gasteiger partial charge in [-0.3, -0.25) is 9.78 Å². The van der Waals surface area contributed by atoms with Crippen molar-refractivity contribution in [2.75, 3.05) is 0 Å². The Bertz CT molecular complexity index is 704. The third-order valence-corrected chi connectivity index (χ3v) is 4.39. The number of rotatable bonds is 3. The van der Waals surface area contributed by atoms with Crippen LogP contribution in [0.25, 0.3) is 10.9 Å². The molecule has 3 nitrogen and oxygen atoms in total. The highest BCUT2D eigenvalue weighted by molar-refractivity contribution is 5.90. The number of hydrogen-bond donors (Lipinski definition) is 1. The standard InChI is InChI=1S/C18H21NO2/c1-11(2)12-7-5-8-14-15(10-17(20)21)13-6-3-4-9-16(13)19-18(12)14/h5,7-8,11H,3-4,6,9-10H2,1-2H3,(H,20,21). The zero-order valence-corrected chi connectivity index (χ0v) is 12.6. The van der Waals surface area contributed by atoms with Gasteiger partial charge in [-0.05, 0) is 48.3 Å². The van der Waals surface area contributed by atoms with Crippen molar-refractivity contribution in [2.45, 2.75) is 51.9 Å². The predicted molar refractivity (Wildman–Crippen MR) is 83.8 cm³/mol. The van der Waals surface area contributed by atoms with E-state index in [-0.39, 0.29) is 6.42 Å². The van der Waals surface area contributed by atoms with Gasteiger partial charge in [0, 0.05) is 11.1 Å². The second-order valence-electron chi connectivity index (χ2n) is 6.19. The van der Waals surface area contributed by atoms with Crippen LogP contribution in [0.5, 0.6) is 0 Å². The molecule has 0 fully saturated rings. The fourth-order valence-electron chi connectivity index (χ4n) is 3.38. The number of carboxylic acid groups (broad SMARTS) is 1. The van der Waals surface area contributed by atoms with E-state index in [0.29, 0.717) is 5.92 Å². The number of carbonyl (C=O) groups is 1. The highest BCUT2D eigenvalue weighted by Gasteiger charge is 2.21. The van der Waals surface area contributed by atoms with Crippen LogP contribution in [-0.4, -0.2) is 16.1 Å². The van der Waals surface area contributed by atoms with E-state index in [9.17, 15) is 9.90 Å². The Morgan fingerprint density at radius 2 is 2.05 bits per heavy atom. The van der Waals surface area contributed by atoms with Crippen molar-refractivity contribution in [1.29, 1.82) is 0 Å². The summed E-state index contributed by atoms with van der Waals surface area (Å²) in [5.74, 6) is -0.370. The van der Waals surface area contributed by atoms with Crippen LogP contribution >= 0.6 is 0 Å². The maximum absolute atomic E-state index is 11.3. The molecule has 0 spiro atoms. The van der Waals surface area contributed by atoms with Gasteiger partial charge in [0.2, 0.25) is 0 Å². The summed E-state index contributed by atoms with van der Waals surface area (Å²) in [4.78, 5) is 16.2. The molecule has 21 heavy (non-hydrogen) atoms. The van der Waals surface area contributed by atoms with E-state index in [4.69, 9.17) is 4.98 Å². The van der Waals surface area contributed by atoms with E-state index in [1.165, 1.54) is 11.1 Å². The molecule has 0 saturated heterocycles. The van der Waals surface area contributed by atoms with E-state index in [1.807, 2.05) is 12.1 Å². The first-order valence-electron chi connectivity index (χ1n) is 7.73. The number of carboxylic acids is 1. The number of aryl methyl sites for hydroxylation is 1. The van der Waals surface area contributed by atoms with Crippen molar-refractivity contribution in [1.82, 2.24) is 4.98 Å². The van der Waals surface area contributed by atoms with Crippen molar-refractivity contribution < 1.29 is 9.90 Å². The van der Waals surface area contributed by atoms with Gasteiger partial charge in [0.05, 0.1) is 11.9 Å². The fraction of sp³-hybridized carbons (Fsp3) is 0.444. The molecule has 0 aliphatic heterocycles. The minimum atomic E-state index is -0.759. The average Bonchev–Trinajstić information content (AvgIpc) is 2.46. The van der Waals surface area contributed by atoms with E-state index >= 15 is 0 Å². The van der Waals surface area contributed by atoms with Crippen LogP contribution in [-0.2, 0) is 24.1 Å². The fourth-order valence-corrected chi connectivity index (χ4v) is 3.38. The minimum absolute atomic E-state index is 0.100. The molecule has 2 aromatic rings. The molecule has 3 heteroatoms. The van der Waals surface area contributed by atoms with Crippen LogP contribution in [0.3, 0.4) is 0 Å². The number of para-hydroxylation sites is 1. The molecule has 0 amide bonds. The number of fused-ring (bicyclic) bond motifs is 2. The van der Waals surface area contributed by atoms with Gasteiger partial charge >= 0.3 is 5.97 Å². The largest absolute Gasteiger partial charge is 0.481 e. The number of benzene rings is 1. The number of aromatic nitrogens is 1. The SMILES string of the molecule is CC(C)c1cccc2c(CC(=O)O)c3c(nc12)CCCC3. The molecule has 3 rings (SSSR count). The highest BCUT2D eigenvalue weighted by atomic mass is 16.4. The normalized spacial score (nSPS) is 14.4. The van der Waals surface area contributed by atoms with Gasteiger partial charge in [-0.1, -0.05) is 32.0 Å². The summed E-state index contributed by atoms with van der Waals surface area (Å²) in [6.45, 7) is 4.32. The maximum atomic E-state index is 11.3. The summed E-state index contributed by atoms with van der Waals surface area (Å²) >= 11 is 0. The van der Waals surface area contributed by atoms with Crippen LogP contribution < -0.4 is 0 Å². The summed E-state index contributed by atoms with van der Waals surface area (Å²) < 4.78 is 0. The lowest BCUT2D eigenvalue weighted by atomic mass is 9.87. The third-order valence-electron chi connectivity index (χ3n) is 4.39. The van der Waals surface area contributed by atoms with Crippen molar-refractivity contribution in [3.05, 3.63) is 40.6 Å². The molecule has 0 saturated carbocycles. The predicted octanol–water partition coefficient (Wildman–Crippen LogP) is 3.86. The summed E-state index contributed by atoms with van der Waals surface area (Å²) in [6.07, 6.45) is 4.33. The quantitative estimate of drug-likeness (QED) is 0.930. The zero-order chi connectivity index (χ0) is 15.0. The van der Waals surface area contributed by atoms with Crippen LogP contribution in [0.2, 0.25) is 0 Å². The molecule has 1 aromatic heterocycles. The molecule has 1 N–H and O–H groups in total. The molecular formula is C18H21NO2. The number of aliphatic carboxylic acids is 1. The summed E-state index contributed by atoms with van der Waals surface area (Å²) in [6, 6.07) is 6.17. The molecule has 1 aliphatic carbocycles. The lowest BCUT2D eigenvalue weighted by Crippen LogP contribution is -2.13. The van der Waals surface area contributed by atoms with Gasteiger partial charge in [-0.2, -0.15) is 0 Å². The van der Waals surface area contributed by atoms with Gasteiger partial charge in [-0.15, -0.1) is 0 Å². The lowest BCUT2D eigenvalue weighted by molar-refractivity contribution is -0.136. The molecule has 1 aromatic carbocycles. The van der Waals surface area contributed by atoms with Crippen molar-refractivity contribution in [3.8, 4) is 0 Å². The molecule has 0 bridgehead atoms. The van der Waals surface area contributed by atoms with Gasteiger partial charge in [-0.25, -0.2) is 0 Å². The first-order valence-corrected chi connectivity index (χ1v) is 7.73. The number of pyridine rings is 1. The Kier molecular flexibility index (Phi) is 3.66. The Hall–Kier alpha value is -1.90. The Morgan fingerprint density at radius 1 is 1.29 bits per heavy atom. The second kappa shape index (κ2) is 5.47. The monoisotopic (exact) mass is 283 g/mol. The molecule has 110 valence electrons. The molecule has 1 aliphatic rings. The lowest BCUT2D eigenvalue weighted by Gasteiger charge is -2.21. The third kappa shape index (κ3) is 2.53. The highest BCUT2D eigenvalue weighted by Crippen LogP contribution is 2.33. The average molecular weight is 283 g/mol. The van der Waals surface area contributed by atoms with E-state index in [2.05, 4.69) is 19.9 Å². The van der Waals surface area contributed by atoms with Crippen molar-refractivity contribution in [3.63, 3.8) is 0 Å². The molecule has 0 radical (unpaired) electrons. The van der Waals surface area contributed by atoms with E-state index < -0.39 is 5.97 Å². The second-order valence-corrected chi connectivity index (χ2v) is 6.19. The molecular weight excluding hydrogens is 262 g/mol. The van der Waals surface area contributed by atoms with Crippen LogP contribution in [0.15, 0.2) is 18.2 Å². The Balaban J connectivity index is 2.33. The molecule has 0 unspecified atom stereocenters. The van der Waals surface area contributed by atoms with Crippen LogP contribution in [0, 0.1) is 0 Å². The van der Waals surface area contributed by atoms with Crippen molar-refractivity contribution in [2.24, 2.45) is 0 Å². The van der Waals surface area contributed by atoms with Gasteiger partial charge in [0.1, 0.15) is 0 Å². The zero-order valence-electron chi connectivity index (χ0n) is 12.6. The van der Waals surface area contributed by atoms with Crippen molar-refractivity contribution >= 4 is 16.9 Å². The molecule has 1 heterocycles. The Labute approximate surface area is 125 Å². The number of hydrogen-bond acceptors (Lipinski definition) is 2. The minimum Gasteiger partial charge on any atom is -0.481 e. The van der Waals surface area contributed by atoms with E-state index in [1.54, 1.807) is 0 Å². The first kappa shape index (κ1) is 14.1. The Morgan fingerprint density at radius 3 is 2.76 bits per heavy atom. The van der Waals surface area contributed by atoms with Gasteiger partial charge in [0.25, 0.3) is 0 Å². The smallest absolute Gasteiger partial charge is 0.307 e. The topological polar surface area (TPSA) is 50.2 Å². The number of nitrogens with zero attached hydrogens (tertiary/aromatic N) is 1. The summed E-state index contributed by atoms with van der Waals surface area (Å²) in [5.41, 5.74) is 5.52. The summed E-state index contributed by atoms with van der Waals surface area (Å²) in [5, 5.41) is 10.3.